The smallest absolute Gasteiger partial charge is 0.330 e. The normalized spacial score (nSPS) is 15.5. The number of benzene rings is 1. The molecule has 34 heavy (non-hydrogen) atoms. The summed E-state index contributed by atoms with van der Waals surface area (Å²) in [4.78, 5) is 24.6. The number of imidazole rings is 1. The summed E-state index contributed by atoms with van der Waals surface area (Å²) in [6, 6.07) is 6.53. The predicted octanol–water partition coefficient (Wildman–Crippen LogP) is 2.62. The van der Waals surface area contributed by atoms with Crippen LogP contribution in [0.2, 0.25) is 0 Å². The Morgan fingerprint density at radius 3 is 2.53 bits per heavy atom. The van der Waals surface area contributed by atoms with Crippen molar-refractivity contribution in [3.63, 3.8) is 0 Å². The molecule has 0 saturated carbocycles. The molecule has 2 aromatic heterocycles. The summed E-state index contributed by atoms with van der Waals surface area (Å²) < 4.78 is 34.4. The number of hydrogen-bond donors (Lipinski definition) is 1. The molecule has 4 rings (SSSR count). The summed E-state index contributed by atoms with van der Waals surface area (Å²) in [6.45, 7) is 1.93. The Bertz CT molecular complexity index is 1260. The van der Waals surface area contributed by atoms with E-state index in [1.54, 1.807) is 41.0 Å². The van der Waals surface area contributed by atoms with Gasteiger partial charge in [0.25, 0.3) is 0 Å². The molecule has 1 fully saturated rings. The van der Waals surface area contributed by atoms with Gasteiger partial charge in [-0.3, -0.25) is 0 Å². The average Bonchev–Trinajstić information content (AvgIpc) is 3.05. The molecule has 180 valence electrons. The number of sulfonamides is 1. The van der Waals surface area contributed by atoms with Gasteiger partial charge >= 0.3 is 5.97 Å². The van der Waals surface area contributed by atoms with Crippen LogP contribution >= 0.6 is 0 Å². The third-order valence-corrected chi connectivity index (χ3v) is 7.62. The Balaban J connectivity index is 1.26. The molecule has 11 heteroatoms. The van der Waals surface area contributed by atoms with E-state index in [-0.39, 0.29) is 11.5 Å². The SMILES string of the molecule is Nc1ncnc2c1ncn2CCCOC(=O)C=Cc1ccc(S(=O)(=O)N2CCCCCC2)cc1. The summed E-state index contributed by atoms with van der Waals surface area (Å²) in [6.07, 6.45) is 10.5. The molecule has 10 nitrogen and oxygen atoms in total. The quantitative estimate of drug-likeness (QED) is 0.293. The Labute approximate surface area is 198 Å². The highest BCUT2D eigenvalue weighted by molar-refractivity contribution is 7.89. The van der Waals surface area contributed by atoms with Crippen LogP contribution in [0.1, 0.15) is 37.7 Å². The van der Waals surface area contributed by atoms with E-state index in [9.17, 15) is 13.2 Å². The van der Waals surface area contributed by atoms with Crippen LogP contribution in [0.15, 0.2) is 47.9 Å². The van der Waals surface area contributed by atoms with E-state index in [4.69, 9.17) is 10.5 Å². The molecule has 1 aromatic carbocycles. The largest absolute Gasteiger partial charge is 0.462 e. The lowest BCUT2D eigenvalue weighted by Gasteiger charge is -2.19. The number of fused-ring (bicyclic) bond motifs is 1. The van der Waals surface area contributed by atoms with Crippen molar-refractivity contribution in [3.8, 4) is 0 Å². The van der Waals surface area contributed by atoms with E-state index in [2.05, 4.69) is 15.0 Å². The van der Waals surface area contributed by atoms with Gasteiger partial charge in [0, 0.05) is 25.7 Å². The number of nitrogens with zero attached hydrogens (tertiary/aromatic N) is 5. The summed E-state index contributed by atoms with van der Waals surface area (Å²) in [5.74, 6) is -0.142. The first-order chi connectivity index (χ1) is 16.4. The molecule has 0 atom stereocenters. The van der Waals surface area contributed by atoms with Gasteiger partial charge in [-0.15, -0.1) is 0 Å². The maximum atomic E-state index is 12.9. The molecule has 3 aromatic rings. The molecule has 1 aliphatic heterocycles. The Kier molecular flexibility index (Phi) is 7.53. The lowest BCUT2D eigenvalue weighted by atomic mass is 10.2. The van der Waals surface area contributed by atoms with Crippen molar-refractivity contribution in [2.75, 3.05) is 25.4 Å². The zero-order chi connectivity index (χ0) is 24.0. The van der Waals surface area contributed by atoms with Crippen LogP contribution in [-0.2, 0) is 26.1 Å². The number of nitrogens with two attached hydrogens (primary N) is 1. The van der Waals surface area contributed by atoms with Crippen molar-refractivity contribution in [1.82, 2.24) is 23.8 Å². The minimum Gasteiger partial charge on any atom is -0.462 e. The maximum absolute atomic E-state index is 12.9. The number of carbonyl (C=O) groups excluding carboxylic acids is 1. The zero-order valence-corrected chi connectivity index (χ0v) is 19.7. The van der Waals surface area contributed by atoms with Gasteiger partial charge < -0.3 is 15.0 Å². The highest BCUT2D eigenvalue weighted by Crippen LogP contribution is 2.21. The number of aromatic nitrogens is 4. The Morgan fingerprint density at radius 2 is 1.79 bits per heavy atom. The van der Waals surface area contributed by atoms with Crippen molar-refractivity contribution in [2.45, 2.75) is 43.5 Å². The second kappa shape index (κ2) is 10.7. The predicted molar refractivity (Wildman–Crippen MR) is 128 cm³/mol. The van der Waals surface area contributed by atoms with Crippen LogP contribution in [-0.4, -0.2) is 57.9 Å². The molecule has 0 amide bonds. The fraction of sp³-hybridized carbons (Fsp3) is 0.391. The second-order valence-electron chi connectivity index (χ2n) is 8.11. The summed E-state index contributed by atoms with van der Waals surface area (Å²) in [7, 11) is -3.49. The molecule has 0 radical (unpaired) electrons. The third kappa shape index (κ3) is 5.60. The van der Waals surface area contributed by atoms with Crippen molar-refractivity contribution in [1.29, 1.82) is 0 Å². The first kappa shape index (κ1) is 23.8. The molecule has 0 spiro atoms. The summed E-state index contributed by atoms with van der Waals surface area (Å²) in [5.41, 5.74) is 7.68. The van der Waals surface area contributed by atoms with Gasteiger partial charge in [-0.2, -0.15) is 4.31 Å². The average molecular weight is 485 g/mol. The number of aryl methyl sites for hydroxylation is 1. The molecule has 2 N–H and O–H groups in total. The Hall–Kier alpha value is -3.31. The van der Waals surface area contributed by atoms with Crippen LogP contribution < -0.4 is 5.73 Å². The van der Waals surface area contributed by atoms with E-state index < -0.39 is 16.0 Å². The van der Waals surface area contributed by atoms with Gasteiger partial charge in [0.2, 0.25) is 10.0 Å². The summed E-state index contributed by atoms with van der Waals surface area (Å²) >= 11 is 0. The minimum atomic E-state index is -3.49. The number of ether oxygens (including phenoxy) is 1. The van der Waals surface area contributed by atoms with Crippen molar-refractivity contribution in [3.05, 3.63) is 48.6 Å². The van der Waals surface area contributed by atoms with Crippen molar-refractivity contribution in [2.24, 2.45) is 0 Å². The number of anilines is 1. The number of carbonyl (C=O) groups is 1. The Morgan fingerprint density at radius 1 is 1.06 bits per heavy atom. The van der Waals surface area contributed by atoms with Gasteiger partial charge in [-0.1, -0.05) is 25.0 Å². The summed E-state index contributed by atoms with van der Waals surface area (Å²) in [5, 5.41) is 0. The third-order valence-electron chi connectivity index (χ3n) is 5.71. The van der Waals surface area contributed by atoms with E-state index in [1.165, 1.54) is 12.4 Å². The second-order valence-corrected chi connectivity index (χ2v) is 10.0. The monoisotopic (exact) mass is 484 g/mol. The molecule has 1 saturated heterocycles. The highest BCUT2D eigenvalue weighted by Gasteiger charge is 2.24. The van der Waals surface area contributed by atoms with Crippen LogP contribution in [0.5, 0.6) is 0 Å². The van der Waals surface area contributed by atoms with Crippen LogP contribution in [0, 0.1) is 0 Å². The van der Waals surface area contributed by atoms with Gasteiger partial charge in [-0.25, -0.2) is 28.2 Å². The van der Waals surface area contributed by atoms with Gasteiger partial charge in [0.05, 0.1) is 17.8 Å². The molecular formula is C23H28N6O4S. The minimum absolute atomic E-state index is 0.233. The molecule has 0 unspecified atom stereocenters. The van der Waals surface area contributed by atoms with Crippen molar-refractivity contribution < 1.29 is 17.9 Å². The van der Waals surface area contributed by atoms with Crippen molar-refractivity contribution >= 4 is 39.1 Å². The topological polar surface area (TPSA) is 133 Å². The van der Waals surface area contributed by atoms with E-state index in [0.717, 1.165) is 25.7 Å². The van der Waals surface area contributed by atoms with Crippen LogP contribution in [0.4, 0.5) is 5.82 Å². The van der Waals surface area contributed by atoms with E-state index >= 15 is 0 Å². The van der Waals surface area contributed by atoms with E-state index in [0.29, 0.717) is 48.6 Å². The van der Waals surface area contributed by atoms with Gasteiger partial charge in [-0.05, 0) is 43.0 Å². The molecule has 0 aliphatic carbocycles. The standard InChI is InChI=1S/C23H28N6O4S/c24-22-21-23(26-16-25-22)28(17-27-21)12-5-15-33-20(30)11-8-18-6-9-19(10-7-18)34(31,32)29-13-3-1-2-4-14-29/h6-11,16-17H,1-5,12-15H2,(H2,24,25,26). The molecular weight excluding hydrogens is 456 g/mol. The highest BCUT2D eigenvalue weighted by atomic mass is 32.2. The zero-order valence-electron chi connectivity index (χ0n) is 18.8. The number of hydrogen-bond acceptors (Lipinski definition) is 8. The lowest BCUT2D eigenvalue weighted by molar-refractivity contribution is -0.137. The molecule has 3 heterocycles. The first-order valence-corrected chi connectivity index (χ1v) is 12.8. The number of rotatable bonds is 8. The van der Waals surface area contributed by atoms with Crippen LogP contribution in [0.25, 0.3) is 17.2 Å². The van der Waals surface area contributed by atoms with Gasteiger partial charge in [0.1, 0.15) is 11.8 Å². The number of nitrogen functional groups attached to an aromatic ring is 1. The molecule has 1 aliphatic rings. The molecule has 0 bridgehead atoms. The maximum Gasteiger partial charge on any atom is 0.330 e. The number of esters is 1. The fourth-order valence-electron chi connectivity index (χ4n) is 3.86. The lowest BCUT2D eigenvalue weighted by Crippen LogP contribution is -2.31. The van der Waals surface area contributed by atoms with Crippen LogP contribution in [0.3, 0.4) is 0 Å². The van der Waals surface area contributed by atoms with E-state index in [1.807, 2.05) is 4.57 Å². The van der Waals surface area contributed by atoms with Gasteiger partial charge in [0.15, 0.2) is 11.5 Å². The fourth-order valence-corrected chi connectivity index (χ4v) is 5.38. The first-order valence-electron chi connectivity index (χ1n) is 11.3.